The second-order valence-electron chi connectivity index (χ2n) is 6.70. The van der Waals surface area contributed by atoms with Crippen LogP contribution in [0.4, 0.5) is 5.13 Å². The average Bonchev–Trinajstić information content (AvgIpc) is 3.31. The Balaban J connectivity index is 0.000000426. The number of nitrogens with zero attached hydrogens (tertiary/aromatic N) is 4. The molecule has 0 atom stereocenters. The van der Waals surface area contributed by atoms with Gasteiger partial charge in [-0.2, -0.15) is 0 Å². The summed E-state index contributed by atoms with van der Waals surface area (Å²) in [4.78, 5) is 36.0. The molecule has 3 aromatic rings. The van der Waals surface area contributed by atoms with Gasteiger partial charge in [0.05, 0.1) is 29.2 Å². The summed E-state index contributed by atoms with van der Waals surface area (Å²) in [5, 5.41) is 3.09. The molecule has 3 heterocycles. The average molecular weight is 416 g/mol. The van der Waals surface area contributed by atoms with Crippen LogP contribution >= 0.6 is 11.3 Å². The zero-order chi connectivity index (χ0) is 21.4. The Bertz CT molecular complexity index is 951. The van der Waals surface area contributed by atoms with Crippen LogP contribution in [0.1, 0.15) is 32.2 Å². The molecule has 3 rings (SSSR count). The molecule has 0 aliphatic carbocycles. The summed E-state index contributed by atoms with van der Waals surface area (Å²) >= 11 is 1.38. The number of aromatic nitrogens is 4. The smallest absolute Gasteiger partial charge is 0.317 e. The van der Waals surface area contributed by atoms with Crippen molar-refractivity contribution in [2.75, 3.05) is 11.9 Å². The van der Waals surface area contributed by atoms with Crippen LogP contribution in [0.3, 0.4) is 0 Å². The van der Waals surface area contributed by atoms with Crippen molar-refractivity contribution < 1.29 is 14.3 Å². The van der Waals surface area contributed by atoms with Gasteiger partial charge in [-0.3, -0.25) is 14.6 Å². The first-order valence-corrected chi connectivity index (χ1v) is 9.84. The molecule has 0 spiro atoms. The van der Waals surface area contributed by atoms with Crippen LogP contribution < -0.4 is 5.32 Å². The quantitative estimate of drug-likeness (QED) is 0.490. The van der Waals surface area contributed by atoms with Crippen molar-refractivity contribution in [3.63, 3.8) is 0 Å². The number of rotatable bonds is 6. The lowest BCUT2D eigenvalue weighted by Crippen LogP contribution is -2.32. The molecule has 0 radical (unpaired) electrons. The predicted molar refractivity (Wildman–Crippen MR) is 113 cm³/mol. The van der Waals surface area contributed by atoms with E-state index in [2.05, 4.69) is 20.3 Å². The highest BCUT2D eigenvalue weighted by molar-refractivity contribution is 7.19. The Morgan fingerprint density at radius 1 is 1.38 bits per heavy atom. The second-order valence-corrected chi connectivity index (χ2v) is 7.70. The number of nitrogens with one attached hydrogen (secondary N) is 1. The summed E-state index contributed by atoms with van der Waals surface area (Å²) < 4.78 is 7.02. The third kappa shape index (κ3) is 5.71. The number of ether oxygens (including phenoxy) is 1. The van der Waals surface area contributed by atoms with Gasteiger partial charge in [0.15, 0.2) is 5.13 Å². The molecule has 0 bridgehead atoms. The van der Waals surface area contributed by atoms with Gasteiger partial charge in [0.25, 0.3) is 0 Å². The fourth-order valence-electron chi connectivity index (χ4n) is 2.43. The van der Waals surface area contributed by atoms with E-state index >= 15 is 0 Å². The zero-order valence-electron chi connectivity index (χ0n) is 17.2. The first-order chi connectivity index (χ1) is 13.8. The molecule has 1 amide bonds. The van der Waals surface area contributed by atoms with Crippen molar-refractivity contribution in [1.29, 1.82) is 0 Å². The van der Waals surface area contributed by atoms with Crippen LogP contribution in [0.2, 0.25) is 0 Å². The molecule has 0 fully saturated rings. The molecule has 0 saturated heterocycles. The number of amides is 1. The van der Waals surface area contributed by atoms with E-state index in [1.807, 2.05) is 36.9 Å². The van der Waals surface area contributed by atoms with Crippen molar-refractivity contribution in [2.24, 2.45) is 7.05 Å². The zero-order valence-corrected chi connectivity index (χ0v) is 18.0. The van der Waals surface area contributed by atoms with Gasteiger partial charge in [-0.15, -0.1) is 0 Å². The molecular weight excluding hydrogens is 390 g/mol. The van der Waals surface area contributed by atoms with Gasteiger partial charge in [-0.1, -0.05) is 11.3 Å². The molecule has 0 unspecified atom stereocenters. The standard InChI is InChI=1S/C16H19N3O3S.C4H6N2/c1-5-22-14(21)16(3,4)12-8-11(6-7-17-12)13-10(2)19-15(23-13)18-9-20;1-6-3-2-5-4-6/h6-9H,5H2,1-4H3,(H,18,19,20);2-4H,1H3. The van der Waals surface area contributed by atoms with Gasteiger partial charge >= 0.3 is 5.97 Å². The molecule has 9 heteroatoms. The number of pyridine rings is 1. The number of esters is 1. The number of aryl methyl sites for hydroxylation is 2. The Labute approximate surface area is 174 Å². The number of thiazole rings is 1. The summed E-state index contributed by atoms with van der Waals surface area (Å²) in [5.74, 6) is -0.311. The van der Waals surface area contributed by atoms with Crippen LogP contribution in [0.5, 0.6) is 0 Å². The van der Waals surface area contributed by atoms with Crippen molar-refractivity contribution in [3.8, 4) is 10.4 Å². The maximum Gasteiger partial charge on any atom is 0.317 e. The molecule has 0 aromatic carbocycles. The summed E-state index contributed by atoms with van der Waals surface area (Å²) in [5.41, 5.74) is 1.51. The minimum atomic E-state index is -0.839. The van der Waals surface area contributed by atoms with Gasteiger partial charge < -0.3 is 14.6 Å². The number of imidazole rings is 1. The molecule has 29 heavy (non-hydrogen) atoms. The van der Waals surface area contributed by atoms with Gasteiger partial charge in [0, 0.05) is 25.6 Å². The summed E-state index contributed by atoms with van der Waals surface area (Å²) in [6.07, 6.45) is 7.65. The van der Waals surface area contributed by atoms with E-state index in [0.29, 0.717) is 23.8 Å². The fraction of sp³-hybridized carbons (Fsp3) is 0.350. The largest absolute Gasteiger partial charge is 0.465 e. The molecule has 0 aliphatic rings. The monoisotopic (exact) mass is 415 g/mol. The Hall–Kier alpha value is -3.07. The van der Waals surface area contributed by atoms with E-state index in [4.69, 9.17) is 4.74 Å². The molecule has 3 aromatic heterocycles. The van der Waals surface area contributed by atoms with Crippen molar-refractivity contribution in [2.45, 2.75) is 33.1 Å². The summed E-state index contributed by atoms with van der Waals surface area (Å²) in [6, 6.07) is 3.72. The maximum absolute atomic E-state index is 12.1. The third-order valence-corrected chi connectivity index (χ3v) is 5.20. The van der Waals surface area contributed by atoms with E-state index in [-0.39, 0.29) is 5.97 Å². The van der Waals surface area contributed by atoms with Crippen molar-refractivity contribution in [3.05, 3.63) is 48.4 Å². The van der Waals surface area contributed by atoms with Gasteiger partial charge in [-0.05, 0) is 45.4 Å². The van der Waals surface area contributed by atoms with Crippen molar-refractivity contribution in [1.82, 2.24) is 19.5 Å². The van der Waals surface area contributed by atoms with Gasteiger partial charge in [-0.25, -0.2) is 9.97 Å². The minimum absolute atomic E-state index is 0.311. The Kier molecular flexibility index (Phi) is 7.60. The second kappa shape index (κ2) is 9.92. The van der Waals surface area contributed by atoms with E-state index in [1.165, 1.54) is 11.3 Å². The molecular formula is C20H25N5O3S. The number of hydrogen-bond donors (Lipinski definition) is 1. The van der Waals surface area contributed by atoms with Crippen molar-refractivity contribution >= 4 is 28.8 Å². The minimum Gasteiger partial charge on any atom is -0.465 e. The van der Waals surface area contributed by atoms with Crippen LogP contribution in [-0.4, -0.2) is 38.5 Å². The molecule has 1 N–H and O–H groups in total. The molecule has 8 nitrogen and oxygen atoms in total. The third-order valence-electron chi connectivity index (χ3n) is 4.06. The van der Waals surface area contributed by atoms with Crippen LogP contribution in [0.25, 0.3) is 10.4 Å². The SMILES string of the molecule is CCOC(=O)C(C)(C)c1cc(-c2sc(NC=O)nc2C)ccn1.Cn1ccnc1. The number of carbonyl (C=O) groups is 2. The van der Waals surface area contributed by atoms with E-state index in [1.54, 1.807) is 39.5 Å². The number of anilines is 1. The Morgan fingerprint density at radius 3 is 2.69 bits per heavy atom. The van der Waals surface area contributed by atoms with Crippen LogP contribution in [-0.2, 0) is 26.8 Å². The first-order valence-electron chi connectivity index (χ1n) is 9.03. The van der Waals surface area contributed by atoms with Crippen LogP contribution in [0.15, 0.2) is 37.1 Å². The number of carbonyl (C=O) groups excluding carboxylic acids is 2. The maximum atomic E-state index is 12.1. The van der Waals surface area contributed by atoms with Crippen LogP contribution in [0, 0.1) is 6.92 Å². The van der Waals surface area contributed by atoms with E-state index in [9.17, 15) is 9.59 Å². The lowest BCUT2D eigenvalue weighted by molar-refractivity contribution is -0.148. The molecule has 154 valence electrons. The molecule has 0 saturated carbocycles. The Morgan fingerprint density at radius 2 is 2.14 bits per heavy atom. The fourth-order valence-corrected chi connectivity index (χ4v) is 3.35. The number of hydrogen-bond acceptors (Lipinski definition) is 7. The van der Waals surface area contributed by atoms with E-state index in [0.717, 1.165) is 16.1 Å². The molecule has 0 aliphatic heterocycles. The normalized spacial score (nSPS) is 10.7. The lowest BCUT2D eigenvalue weighted by atomic mass is 9.88. The van der Waals surface area contributed by atoms with Gasteiger partial charge in [0.1, 0.15) is 5.41 Å². The summed E-state index contributed by atoms with van der Waals surface area (Å²) in [6.45, 7) is 7.56. The first kappa shape index (κ1) is 22.2. The predicted octanol–water partition coefficient (Wildman–Crippen LogP) is 3.34. The lowest BCUT2D eigenvalue weighted by Gasteiger charge is -2.22. The highest BCUT2D eigenvalue weighted by atomic mass is 32.1. The highest BCUT2D eigenvalue weighted by Crippen LogP contribution is 2.34. The highest BCUT2D eigenvalue weighted by Gasteiger charge is 2.33. The topological polar surface area (TPSA) is 99.0 Å². The van der Waals surface area contributed by atoms with Gasteiger partial charge in [0.2, 0.25) is 6.41 Å². The van der Waals surface area contributed by atoms with E-state index < -0.39 is 5.41 Å². The summed E-state index contributed by atoms with van der Waals surface area (Å²) in [7, 11) is 1.94.